The Morgan fingerprint density at radius 2 is 1.86 bits per heavy atom. The van der Waals surface area contributed by atoms with Crippen LogP contribution < -0.4 is 5.32 Å². The Morgan fingerprint density at radius 1 is 1.19 bits per heavy atom. The summed E-state index contributed by atoms with van der Waals surface area (Å²) in [6.07, 6.45) is 2.57. The maximum absolute atomic E-state index is 5.37. The van der Waals surface area contributed by atoms with Gasteiger partial charge >= 0.3 is 0 Å². The zero-order valence-electron chi connectivity index (χ0n) is 13.5. The number of rotatable bonds is 4. The summed E-state index contributed by atoms with van der Waals surface area (Å²) in [5, 5.41) is 3.44. The Kier molecular flexibility index (Phi) is 9.59. The van der Waals surface area contributed by atoms with Crippen LogP contribution in [0.4, 0.5) is 0 Å². The van der Waals surface area contributed by atoms with Crippen LogP contribution in [0.1, 0.15) is 26.7 Å². The van der Waals surface area contributed by atoms with Crippen LogP contribution in [-0.4, -0.2) is 74.8 Å². The van der Waals surface area contributed by atoms with Crippen molar-refractivity contribution >= 4 is 29.9 Å². The summed E-state index contributed by atoms with van der Waals surface area (Å²) in [4.78, 5) is 9.66. The van der Waals surface area contributed by atoms with Gasteiger partial charge in [0.15, 0.2) is 5.96 Å². The first-order valence-corrected chi connectivity index (χ1v) is 8.13. The summed E-state index contributed by atoms with van der Waals surface area (Å²) in [6, 6.07) is 0. The van der Waals surface area contributed by atoms with Gasteiger partial charge in [-0.25, -0.2) is 0 Å². The second-order valence-electron chi connectivity index (χ2n) is 5.86. The monoisotopic (exact) mass is 410 g/mol. The minimum Gasteiger partial charge on any atom is -0.379 e. The Labute approximate surface area is 146 Å². The van der Waals surface area contributed by atoms with Crippen molar-refractivity contribution < 1.29 is 4.74 Å². The van der Waals surface area contributed by atoms with E-state index in [1.165, 1.54) is 12.8 Å². The van der Waals surface area contributed by atoms with Gasteiger partial charge in [0, 0.05) is 39.3 Å². The lowest BCUT2D eigenvalue weighted by atomic mass is 10.00. The normalized spacial score (nSPS) is 22.0. The number of hydrogen-bond acceptors (Lipinski definition) is 3. The fourth-order valence-electron chi connectivity index (χ4n) is 2.77. The van der Waals surface area contributed by atoms with Crippen LogP contribution >= 0.6 is 24.0 Å². The molecule has 0 saturated carbocycles. The first-order valence-electron chi connectivity index (χ1n) is 8.13. The van der Waals surface area contributed by atoms with Gasteiger partial charge in [-0.2, -0.15) is 0 Å². The zero-order valence-corrected chi connectivity index (χ0v) is 15.8. The zero-order chi connectivity index (χ0) is 14.2. The van der Waals surface area contributed by atoms with E-state index in [2.05, 4.69) is 29.0 Å². The molecule has 2 aliphatic heterocycles. The highest BCUT2D eigenvalue weighted by molar-refractivity contribution is 14.0. The molecule has 2 aliphatic rings. The molecule has 0 aliphatic carbocycles. The largest absolute Gasteiger partial charge is 0.379 e. The molecular formula is C15H31IN4O. The molecular weight excluding hydrogens is 379 g/mol. The van der Waals surface area contributed by atoms with Gasteiger partial charge in [0.2, 0.25) is 0 Å². The molecule has 0 aromatic heterocycles. The number of morpholine rings is 1. The Bertz CT molecular complexity index is 300. The Balaban J connectivity index is 0.00000220. The highest BCUT2D eigenvalue weighted by Gasteiger charge is 2.18. The quantitative estimate of drug-likeness (QED) is 0.435. The van der Waals surface area contributed by atoms with Crippen molar-refractivity contribution in [3.8, 4) is 0 Å². The predicted molar refractivity (Wildman–Crippen MR) is 98.6 cm³/mol. The molecule has 5 nitrogen and oxygen atoms in total. The molecule has 6 heteroatoms. The number of ether oxygens (including phenoxy) is 1. The molecule has 1 N–H and O–H groups in total. The Morgan fingerprint density at radius 3 is 2.48 bits per heavy atom. The van der Waals surface area contributed by atoms with Gasteiger partial charge < -0.3 is 15.0 Å². The number of guanidine groups is 1. The van der Waals surface area contributed by atoms with Gasteiger partial charge in [-0.15, -0.1) is 24.0 Å². The first kappa shape index (κ1) is 19.0. The molecule has 0 atom stereocenters. The molecule has 124 valence electrons. The molecule has 2 rings (SSSR count). The van der Waals surface area contributed by atoms with Crippen molar-refractivity contribution in [2.24, 2.45) is 10.9 Å². The smallest absolute Gasteiger partial charge is 0.193 e. The summed E-state index contributed by atoms with van der Waals surface area (Å²) >= 11 is 0. The third-order valence-electron chi connectivity index (χ3n) is 4.20. The summed E-state index contributed by atoms with van der Waals surface area (Å²) in [6.45, 7) is 13.5. The van der Waals surface area contributed by atoms with Crippen molar-refractivity contribution in [1.82, 2.24) is 15.1 Å². The van der Waals surface area contributed by atoms with E-state index in [9.17, 15) is 0 Å². The predicted octanol–water partition coefficient (Wildman–Crippen LogP) is 1.63. The van der Waals surface area contributed by atoms with Crippen LogP contribution in [0.2, 0.25) is 0 Å². The Hall–Kier alpha value is -0.0800. The van der Waals surface area contributed by atoms with Crippen LogP contribution in [0.3, 0.4) is 0 Å². The van der Waals surface area contributed by atoms with Crippen LogP contribution in [0.15, 0.2) is 4.99 Å². The lowest BCUT2D eigenvalue weighted by molar-refractivity contribution is 0.0394. The van der Waals surface area contributed by atoms with Gasteiger partial charge in [-0.05, 0) is 25.7 Å². The fraction of sp³-hybridized carbons (Fsp3) is 0.933. The standard InChI is InChI=1S/C15H30N4O.HI/c1-3-16-15(19-7-4-14(2)5-8-19)17-6-9-18-10-12-20-13-11-18;/h14H,3-13H2,1-2H3,(H,16,17);1H. The van der Waals surface area contributed by atoms with Gasteiger partial charge in [0.1, 0.15) is 0 Å². The van der Waals surface area contributed by atoms with Gasteiger partial charge in [-0.1, -0.05) is 6.92 Å². The number of likely N-dealkylation sites (tertiary alicyclic amines) is 1. The van der Waals surface area contributed by atoms with Gasteiger partial charge in [0.25, 0.3) is 0 Å². The van der Waals surface area contributed by atoms with E-state index >= 15 is 0 Å². The minimum atomic E-state index is 0. The van der Waals surface area contributed by atoms with Crippen molar-refractivity contribution in [3.05, 3.63) is 0 Å². The van der Waals surface area contributed by atoms with E-state index in [0.29, 0.717) is 0 Å². The molecule has 0 bridgehead atoms. The third-order valence-corrected chi connectivity index (χ3v) is 4.20. The first-order chi connectivity index (χ1) is 9.79. The van der Waals surface area contributed by atoms with E-state index in [0.717, 1.165) is 70.9 Å². The summed E-state index contributed by atoms with van der Waals surface area (Å²) in [5.74, 6) is 1.97. The molecule has 0 spiro atoms. The molecule has 2 saturated heterocycles. The average Bonchev–Trinajstić information content (AvgIpc) is 2.48. The topological polar surface area (TPSA) is 40.1 Å². The van der Waals surface area contributed by atoms with E-state index in [1.807, 2.05) is 0 Å². The molecule has 21 heavy (non-hydrogen) atoms. The fourth-order valence-corrected chi connectivity index (χ4v) is 2.77. The number of nitrogens with one attached hydrogen (secondary N) is 1. The van der Waals surface area contributed by atoms with E-state index < -0.39 is 0 Å². The average molecular weight is 410 g/mol. The maximum Gasteiger partial charge on any atom is 0.193 e. The van der Waals surface area contributed by atoms with E-state index in [1.54, 1.807) is 0 Å². The SMILES string of the molecule is CCNC(=NCCN1CCOCC1)N1CCC(C)CC1.I. The number of hydrogen-bond donors (Lipinski definition) is 1. The highest BCUT2D eigenvalue weighted by Crippen LogP contribution is 2.15. The van der Waals surface area contributed by atoms with Gasteiger partial charge in [0.05, 0.1) is 19.8 Å². The van der Waals surface area contributed by atoms with Crippen LogP contribution in [0, 0.1) is 5.92 Å². The summed E-state index contributed by atoms with van der Waals surface area (Å²) < 4.78 is 5.37. The van der Waals surface area contributed by atoms with Crippen molar-refractivity contribution in [2.45, 2.75) is 26.7 Å². The van der Waals surface area contributed by atoms with Crippen LogP contribution in [0.5, 0.6) is 0 Å². The van der Waals surface area contributed by atoms with Crippen molar-refractivity contribution in [3.63, 3.8) is 0 Å². The molecule has 0 aromatic carbocycles. The summed E-state index contributed by atoms with van der Waals surface area (Å²) in [7, 11) is 0. The van der Waals surface area contributed by atoms with E-state index in [-0.39, 0.29) is 24.0 Å². The van der Waals surface area contributed by atoms with Crippen LogP contribution in [0.25, 0.3) is 0 Å². The van der Waals surface area contributed by atoms with E-state index in [4.69, 9.17) is 9.73 Å². The lowest BCUT2D eigenvalue weighted by Crippen LogP contribution is -2.46. The molecule has 2 fully saturated rings. The second-order valence-corrected chi connectivity index (χ2v) is 5.86. The maximum atomic E-state index is 5.37. The second kappa shape index (κ2) is 10.6. The number of nitrogens with zero attached hydrogens (tertiary/aromatic N) is 3. The minimum absolute atomic E-state index is 0. The summed E-state index contributed by atoms with van der Waals surface area (Å²) in [5.41, 5.74) is 0. The highest BCUT2D eigenvalue weighted by atomic mass is 127. The molecule has 0 aromatic rings. The molecule has 0 radical (unpaired) electrons. The van der Waals surface area contributed by atoms with Crippen molar-refractivity contribution in [2.75, 3.05) is 59.0 Å². The van der Waals surface area contributed by atoms with Crippen LogP contribution in [-0.2, 0) is 4.74 Å². The van der Waals surface area contributed by atoms with Gasteiger partial charge in [-0.3, -0.25) is 9.89 Å². The van der Waals surface area contributed by atoms with Crippen molar-refractivity contribution in [1.29, 1.82) is 0 Å². The molecule has 0 amide bonds. The lowest BCUT2D eigenvalue weighted by Gasteiger charge is -2.33. The number of halogens is 1. The number of aliphatic imine (C=N–C) groups is 1. The number of piperidine rings is 1. The third kappa shape index (κ3) is 6.69. The molecule has 0 unspecified atom stereocenters. The molecule has 2 heterocycles.